The second kappa shape index (κ2) is 4.65. The third-order valence-corrected chi connectivity index (χ3v) is 3.92. The van der Waals surface area contributed by atoms with Crippen molar-refractivity contribution in [3.8, 4) is 0 Å². The predicted molar refractivity (Wildman–Crippen MR) is 65.1 cm³/mol. The van der Waals surface area contributed by atoms with Crippen LogP contribution in [0.2, 0.25) is 0 Å². The lowest BCUT2D eigenvalue weighted by Gasteiger charge is -2.38. The number of rotatable bonds is 1. The molecule has 0 aromatic heterocycles. The maximum atomic E-state index is 11.0. The lowest BCUT2D eigenvalue weighted by molar-refractivity contribution is -0.137. The van der Waals surface area contributed by atoms with Gasteiger partial charge in [0, 0.05) is 18.8 Å². The highest BCUT2D eigenvalue weighted by molar-refractivity contribution is 5.67. The van der Waals surface area contributed by atoms with Gasteiger partial charge in [-0.25, -0.2) is 0 Å². The maximum absolute atomic E-state index is 11.0. The fourth-order valence-electron chi connectivity index (χ4n) is 2.74. The smallest absolute Gasteiger partial charge is 0.307 e. The lowest BCUT2D eigenvalue weighted by atomic mass is 9.70. The molecule has 17 heavy (non-hydrogen) atoms. The van der Waals surface area contributed by atoms with Crippen LogP contribution < -0.4 is 0 Å². The van der Waals surface area contributed by atoms with Crippen molar-refractivity contribution in [2.45, 2.75) is 52.1 Å². The molecule has 0 unspecified atom stereocenters. The molecule has 2 atom stereocenters. The summed E-state index contributed by atoms with van der Waals surface area (Å²) in [7, 11) is 0. The molecular weight excluding hydrogens is 216 g/mol. The van der Waals surface area contributed by atoms with Gasteiger partial charge in [0.2, 0.25) is 0 Å². The fourth-order valence-corrected chi connectivity index (χ4v) is 2.74. The van der Waals surface area contributed by atoms with Crippen molar-refractivity contribution in [1.82, 2.24) is 0 Å². The first kappa shape index (κ1) is 12.4. The van der Waals surface area contributed by atoms with Crippen LogP contribution in [-0.4, -0.2) is 17.2 Å². The molecule has 0 saturated carbocycles. The van der Waals surface area contributed by atoms with Crippen LogP contribution in [0.3, 0.4) is 0 Å². The summed E-state index contributed by atoms with van der Waals surface area (Å²) < 4.78 is 5.16. The Labute approximate surface area is 102 Å². The minimum Gasteiger partial charge on any atom is -0.431 e. The first-order valence-corrected chi connectivity index (χ1v) is 6.30. The SMILES string of the molecule is CC(=O)OC1=CC2=CCCC[C@H](O)[C@]2(C)CC1. The van der Waals surface area contributed by atoms with E-state index in [1.165, 1.54) is 6.92 Å². The van der Waals surface area contributed by atoms with E-state index in [0.29, 0.717) is 0 Å². The zero-order valence-corrected chi connectivity index (χ0v) is 10.5. The summed E-state index contributed by atoms with van der Waals surface area (Å²) in [5.41, 5.74) is 0.963. The lowest BCUT2D eigenvalue weighted by Crippen LogP contribution is -2.35. The third-order valence-electron chi connectivity index (χ3n) is 3.92. The number of carbonyl (C=O) groups is 1. The minimum atomic E-state index is -0.286. The van der Waals surface area contributed by atoms with Gasteiger partial charge in [0.1, 0.15) is 5.76 Å². The van der Waals surface area contributed by atoms with Gasteiger partial charge in [-0.15, -0.1) is 0 Å². The van der Waals surface area contributed by atoms with Crippen LogP contribution in [-0.2, 0) is 9.53 Å². The summed E-state index contributed by atoms with van der Waals surface area (Å²) in [5.74, 6) is 0.463. The molecule has 2 rings (SSSR count). The Morgan fingerprint density at radius 1 is 1.59 bits per heavy atom. The second-order valence-corrected chi connectivity index (χ2v) is 5.23. The van der Waals surface area contributed by atoms with E-state index >= 15 is 0 Å². The number of ether oxygens (including phenoxy) is 1. The number of aliphatic hydroxyl groups is 1. The fraction of sp³-hybridized carbons (Fsp3) is 0.643. The summed E-state index contributed by atoms with van der Waals surface area (Å²) in [5, 5.41) is 10.2. The van der Waals surface area contributed by atoms with Crippen molar-refractivity contribution in [1.29, 1.82) is 0 Å². The van der Waals surface area contributed by atoms with E-state index in [4.69, 9.17) is 4.74 Å². The molecule has 0 aromatic carbocycles. The molecule has 2 aliphatic carbocycles. The molecule has 2 aliphatic rings. The Hall–Kier alpha value is -1.09. The molecule has 0 saturated heterocycles. The van der Waals surface area contributed by atoms with Gasteiger partial charge in [0.25, 0.3) is 0 Å². The normalized spacial score (nSPS) is 33.0. The molecule has 0 aliphatic heterocycles. The zero-order chi connectivity index (χ0) is 12.5. The maximum Gasteiger partial charge on any atom is 0.307 e. The summed E-state index contributed by atoms with van der Waals surface area (Å²) in [6, 6.07) is 0. The van der Waals surface area contributed by atoms with Crippen LogP contribution in [0.25, 0.3) is 0 Å². The Morgan fingerprint density at radius 2 is 2.35 bits per heavy atom. The van der Waals surface area contributed by atoms with E-state index in [1.54, 1.807) is 0 Å². The number of hydrogen-bond donors (Lipinski definition) is 1. The van der Waals surface area contributed by atoms with Crippen molar-refractivity contribution in [3.63, 3.8) is 0 Å². The van der Waals surface area contributed by atoms with Gasteiger partial charge < -0.3 is 9.84 Å². The quantitative estimate of drug-likeness (QED) is 0.712. The van der Waals surface area contributed by atoms with E-state index in [0.717, 1.165) is 43.4 Å². The molecule has 3 nitrogen and oxygen atoms in total. The Kier molecular flexibility index (Phi) is 3.38. The molecule has 0 aromatic rings. The van der Waals surface area contributed by atoms with E-state index in [9.17, 15) is 9.90 Å². The highest BCUT2D eigenvalue weighted by Gasteiger charge is 2.39. The molecule has 0 heterocycles. The zero-order valence-electron chi connectivity index (χ0n) is 10.5. The average molecular weight is 236 g/mol. The van der Waals surface area contributed by atoms with Gasteiger partial charge in [-0.2, -0.15) is 0 Å². The van der Waals surface area contributed by atoms with Crippen molar-refractivity contribution in [3.05, 3.63) is 23.5 Å². The third kappa shape index (κ3) is 2.44. The number of hydrogen-bond acceptors (Lipinski definition) is 3. The predicted octanol–water partition coefficient (Wildman–Crippen LogP) is 2.70. The topological polar surface area (TPSA) is 46.5 Å². The molecule has 0 fully saturated rings. The van der Waals surface area contributed by atoms with Gasteiger partial charge in [0.05, 0.1) is 6.10 Å². The van der Waals surface area contributed by atoms with Crippen molar-refractivity contribution >= 4 is 5.97 Å². The van der Waals surface area contributed by atoms with Crippen LogP contribution in [0.15, 0.2) is 23.5 Å². The van der Waals surface area contributed by atoms with Gasteiger partial charge in [-0.1, -0.05) is 13.0 Å². The molecule has 94 valence electrons. The van der Waals surface area contributed by atoms with Crippen LogP contribution in [0.1, 0.15) is 46.0 Å². The largest absolute Gasteiger partial charge is 0.431 e. The number of carbonyl (C=O) groups excluding carboxylic acids is 1. The first-order valence-electron chi connectivity index (χ1n) is 6.30. The molecule has 3 heteroatoms. The highest BCUT2D eigenvalue weighted by Crippen LogP contribution is 2.45. The number of fused-ring (bicyclic) bond motifs is 1. The summed E-state index contributed by atoms with van der Waals surface area (Å²) >= 11 is 0. The van der Waals surface area contributed by atoms with Gasteiger partial charge in [-0.05, 0) is 37.3 Å². The molecular formula is C14H20O3. The van der Waals surface area contributed by atoms with Crippen molar-refractivity contribution in [2.24, 2.45) is 5.41 Å². The number of esters is 1. The summed E-state index contributed by atoms with van der Waals surface area (Å²) in [6.45, 7) is 3.53. The molecule has 0 spiro atoms. The Morgan fingerprint density at radius 3 is 3.06 bits per heavy atom. The standard InChI is InChI=1S/C14H20O3/c1-10(15)17-12-7-8-14(2)11(9-12)5-3-4-6-13(14)16/h5,9,13,16H,3-4,6-8H2,1-2H3/t13-,14+/m0/s1. The number of allylic oxidation sites excluding steroid dienone is 3. The van der Waals surface area contributed by atoms with Crippen molar-refractivity contribution in [2.75, 3.05) is 0 Å². The van der Waals surface area contributed by atoms with Gasteiger partial charge in [0.15, 0.2) is 0 Å². The molecule has 1 N–H and O–H groups in total. The summed E-state index contributed by atoms with van der Waals surface area (Å²) in [4.78, 5) is 11.0. The van der Waals surface area contributed by atoms with Crippen LogP contribution >= 0.6 is 0 Å². The van der Waals surface area contributed by atoms with E-state index in [2.05, 4.69) is 13.0 Å². The van der Waals surface area contributed by atoms with E-state index < -0.39 is 0 Å². The van der Waals surface area contributed by atoms with Gasteiger partial charge >= 0.3 is 5.97 Å². The average Bonchev–Trinajstić information content (AvgIpc) is 2.40. The Bertz CT molecular complexity index is 381. The van der Waals surface area contributed by atoms with Crippen molar-refractivity contribution < 1.29 is 14.6 Å². The molecule has 0 bridgehead atoms. The minimum absolute atomic E-state index is 0.167. The first-order chi connectivity index (χ1) is 8.02. The second-order valence-electron chi connectivity index (χ2n) is 5.23. The van der Waals surface area contributed by atoms with Crippen LogP contribution in [0, 0.1) is 5.41 Å². The highest BCUT2D eigenvalue weighted by atomic mass is 16.5. The Balaban J connectivity index is 2.27. The number of aliphatic hydroxyl groups excluding tert-OH is 1. The van der Waals surface area contributed by atoms with E-state index in [1.807, 2.05) is 6.08 Å². The van der Waals surface area contributed by atoms with Crippen LogP contribution in [0.4, 0.5) is 0 Å². The van der Waals surface area contributed by atoms with Crippen LogP contribution in [0.5, 0.6) is 0 Å². The molecule has 0 radical (unpaired) electrons. The van der Waals surface area contributed by atoms with E-state index in [-0.39, 0.29) is 17.5 Å². The summed E-state index contributed by atoms with van der Waals surface area (Å²) in [6.07, 6.45) is 8.28. The van der Waals surface area contributed by atoms with Gasteiger partial charge in [-0.3, -0.25) is 4.79 Å². The monoisotopic (exact) mass is 236 g/mol. The molecule has 0 amide bonds.